The summed E-state index contributed by atoms with van der Waals surface area (Å²) in [7, 11) is 0. The van der Waals surface area contributed by atoms with Gasteiger partial charge in [0.05, 0.1) is 18.0 Å². The minimum atomic E-state index is -0.110. The van der Waals surface area contributed by atoms with Crippen LogP contribution >= 0.6 is 0 Å². The Kier molecular flexibility index (Phi) is 5.03. The van der Waals surface area contributed by atoms with Crippen LogP contribution in [0.15, 0.2) is 71.4 Å². The number of benzene rings is 2. The molecule has 0 saturated heterocycles. The minimum Gasteiger partial charge on any atom is -0.489 e. The van der Waals surface area contributed by atoms with Crippen molar-refractivity contribution in [3.63, 3.8) is 0 Å². The Morgan fingerprint density at radius 3 is 2.50 bits per heavy atom. The highest BCUT2D eigenvalue weighted by molar-refractivity contribution is 5.47. The molecule has 0 aromatic heterocycles. The second-order valence-electron chi connectivity index (χ2n) is 4.09. The van der Waals surface area contributed by atoms with Crippen LogP contribution in [0.4, 0.5) is 11.4 Å². The summed E-state index contributed by atoms with van der Waals surface area (Å²) in [6, 6.07) is 14.8. The van der Waals surface area contributed by atoms with Crippen LogP contribution < -0.4 is 4.74 Å². The van der Waals surface area contributed by atoms with Gasteiger partial charge in [0, 0.05) is 5.56 Å². The molecule has 0 radical (unpaired) electrons. The number of ether oxygens (including phenoxy) is 1. The highest BCUT2D eigenvalue weighted by Gasteiger charge is 2.03. The highest BCUT2D eigenvalue weighted by Crippen LogP contribution is 2.26. The van der Waals surface area contributed by atoms with Crippen molar-refractivity contribution in [2.24, 2.45) is 10.2 Å². The van der Waals surface area contributed by atoms with E-state index in [0.717, 1.165) is 5.69 Å². The maximum absolute atomic E-state index is 9.35. The van der Waals surface area contributed by atoms with Crippen LogP contribution in [0.5, 0.6) is 5.75 Å². The predicted octanol–water partition coefficient (Wildman–Crippen LogP) is 4.16. The van der Waals surface area contributed by atoms with E-state index in [9.17, 15) is 5.11 Å². The van der Waals surface area contributed by atoms with Crippen molar-refractivity contribution < 1.29 is 9.84 Å². The molecule has 0 fully saturated rings. The first-order valence-corrected chi connectivity index (χ1v) is 6.28. The second-order valence-corrected chi connectivity index (χ2v) is 4.09. The molecule has 0 aliphatic carbocycles. The Bertz CT molecular complexity index is 595. The molecule has 2 aromatic rings. The van der Waals surface area contributed by atoms with Crippen LogP contribution in [-0.4, -0.2) is 11.7 Å². The van der Waals surface area contributed by atoms with Gasteiger partial charge in [0.1, 0.15) is 12.4 Å². The molecule has 2 rings (SSSR count). The normalized spacial score (nSPS) is 10.7. The lowest BCUT2D eigenvalue weighted by molar-refractivity contribution is 0.270. The van der Waals surface area contributed by atoms with Crippen LogP contribution in [0.3, 0.4) is 0 Å². The average molecular weight is 268 g/mol. The third-order valence-corrected chi connectivity index (χ3v) is 2.61. The molecule has 0 spiro atoms. The van der Waals surface area contributed by atoms with E-state index in [1.165, 1.54) is 0 Å². The SMILES string of the molecule is C=CCOc1ccc(N=Nc2ccccc2)cc1CO. The zero-order chi connectivity index (χ0) is 14.2. The lowest BCUT2D eigenvalue weighted by Gasteiger charge is -2.08. The number of rotatable bonds is 6. The molecule has 102 valence electrons. The van der Waals surface area contributed by atoms with Crippen molar-refractivity contribution in [3.8, 4) is 5.75 Å². The molecular weight excluding hydrogens is 252 g/mol. The van der Waals surface area contributed by atoms with E-state index in [-0.39, 0.29) is 6.61 Å². The summed E-state index contributed by atoms with van der Waals surface area (Å²) in [5.41, 5.74) is 2.13. The van der Waals surface area contributed by atoms with Crippen LogP contribution in [0.25, 0.3) is 0 Å². The van der Waals surface area contributed by atoms with E-state index in [4.69, 9.17) is 4.74 Å². The van der Waals surface area contributed by atoms with Crippen LogP contribution in [-0.2, 0) is 6.61 Å². The minimum absolute atomic E-state index is 0.110. The zero-order valence-corrected chi connectivity index (χ0v) is 11.1. The maximum atomic E-state index is 9.35. The molecule has 0 aliphatic rings. The average Bonchev–Trinajstić information content (AvgIpc) is 2.52. The molecule has 0 atom stereocenters. The molecule has 0 bridgehead atoms. The Labute approximate surface area is 118 Å². The fourth-order valence-corrected chi connectivity index (χ4v) is 1.65. The Hall–Kier alpha value is -2.46. The highest BCUT2D eigenvalue weighted by atomic mass is 16.5. The molecule has 0 heterocycles. The first-order valence-electron chi connectivity index (χ1n) is 6.28. The largest absolute Gasteiger partial charge is 0.489 e. The Balaban J connectivity index is 2.17. The summed E-state index contributed by atoms with van der Waals surface area (Å²) in [5, 5.41) is 17.6. The number of hydrogen-bond donors (Lipinski definition) is 1. The second kappa shape index (κ2) is 7.21. The van der Waals surface area contributed by atoms with E-state index < -0.39 is 0 Å². The molecule has 0 unspecified atom stereocenters. The maximum Gasteiger partial charge on any atom is 0.125 e. The predicted molar refractivity (Wildman–Crippen MR) is 78.7 cm³/mol. The van der Waals surface area contributed by atoms with Gasteiger partial charge in [-0.25, -0.2) is 0 Å². The Morgan fingerprint density at radius 2 is 1.80 bits per heavy atom. The number of hydrogen-bond acceptors (Lipinski definition) is 4. The molecule has 2 aromatic carbocycles. The summed E-state index contributed by atoms with van der Waals surface area (Å²) in [5.74, 6) is 0.631. The molecule has 0 saturated carbocycles. The fraction of sp³-hybridized carbons (Fsp3) is 0.125. The van der Waals surface area contributed by atoms with Crippen LogP contribution in [0, 0.1) is 0 Å². The van der Waals surface area contributed by atoms with Crippen molar-refractivity contribution in [3.05, 3.63) is 66.7 Å². The Morgan fingerprint density at radius 1 is 1.05 bits per heavy atom. The van der Waals surface area contributed by atoms with Crippen molar-refractivity contribution in [2.75, 3.05) is 6.61 Å². The van der Waals surface area contributed by atoms with Gasteiger partial charge >= 0.3 is 0 Å². The van der Waals surface area contributed by atoms with Crippen LogP contribution in [0.1, 0.15) is 5.56 Å². The number of aliphatic hydroxyl groups is 1. The number of aliphatic hydroxyl groups excluding tert-OH is 1. The molecular formula is C16H16N2O2. The topological polar surface area (TPSA) is 54.2 Å². The lowest BCUT2D eigenvalue weighted by Crippen LogP contribution is -1.97. The summed E-state index contributed by atoms with van der Waals surface area (Å²) in [6.45, 7) is 3.88. The molecule has 0 amide bonds. The quantitative estimate of drug-likeness (QED) is 0.631. The fourth-order valence-electron chi connectivity index (χ4n) is 1.65. The summed E-state index contributed by atoms with van der Waals surface area (Å²) < 4.78 is 5.44. The van der Waals surface area contributed by atoms with E-state index in [2.05, 4.69) is 16.8 Å². The van der Waals surface area contributed by atoms with Crippen molar-refractivity contribution >= 4 is 11.4 Å². The first-order chi connectivity index (χ1) is 9.83. The number of azo groups is 1. The van der Waals surface area contributed by atoms with Crippen molar-refractivity contribution in [2.45, 2.75) is 6.61 Å². The first kappa shape index (κ1) is 14.0. The van der Waals surface area contributed by atoms with Gasteiger partial charge in [-0.2, -0.15) is 10.2 Å². The van der Waals surface area contributed by atoms with E-state index >= 15 is 0 Å². The molecule has 4 nitrogen and oxygen atoms in total. The van der Waals surface area contributed by atoms with Crippen molar-refractivity contribution in [1.82, 2.24) is 0 Å². The summed E-state index contributed by atoms with van der Waals surface area (Å²) in [4.78, 5) is 0. The van der Waals surface area contributed by atoms with Crippen LogP contribution in [0.2, 0.25) is 0 Å². The van der Waals surface area contributed by atoms with Gasteiger partial charge in [0.2, 0.25) is 0 Å². The van der Waals surface area contributed by atoms with E-state index in [0.29, 0.717) is 23.6 Å². The summed E-state index contributed by atoms with van der Waals surface area (Å²) in [6.07, 6.45) is 1.66. The van der Waals surface area contributed by atoms with Gasteiger partial charge in [-0.05, 0) is 30.3 Å². The summed E-state index contributed by atoms with van der Waals surface area (Å²) >= 11 is 0. The van der Waals surface area contributed by atoms with Gasteiger partial charge < -0.3 is 9.84 Å². The number of nitrogens with zero attached hydrogens (tertiary/aromatic N) is 2. The molecule has 0 aliphatic heterocycles. The smallest absolute Gasteiger partial charge is 0.125 e. The zero-order valence-electron chi connectivity index (χ0n) is 11.1. The lowest BCUT2D eigenvalue weighted by atomic mass is 10.2. The van der Waals surface area contributed by atoms with Gasteiger partial charge in [0.15, 0.2) is 0 Å². The van der Waals surface area contributed by atoms with E-state index in [1.807, 2.05) is 30.3 Å². The monoisotopic (exact) mass is 268 g/mol. The molecule has 1 N–H and O–H groups in total. The molecule has 20 heavy (non-hydrogen) atoms. The third-order valence-electron chi connectivity index (χ3n) is 2.61. The third kappa shape index (κ3) is 3.76. The van der Waals surface area contributed by atoms with E-state index in [1.54, 1.807) is 24.3 Å². The van der Waals surface area contributed by atoms with Gasteiger partial charge in [-0.15, -0.1) is 0 Å². The van der Waals surface area contributed by atoms with Gasteiger partial charge in [0.25, 0.3) is 0 Å². The molecule has 4 heteroatoms. The van der Waals surface area contributed by atoms with Gasteiger partial charge in [-0.3, -0.25) is 0 Å². The van der Waals surface area contributed by atoms with Crippen molar-refractivity contribution in [1.29, 1.82) is 0 Å². The van der Waals surface area contributed by atoms with Gasteiger partial charge in [-0.1, -0.05) is 30.9 Å². The standard InChI is InChI=1S/C16H16N2O2/c1-2-10-20-16-9-8-15(11-13(16)12-19)18-17-14-6-4-3-5-7-14/h2-9,11,19H,1,10,12H2.